The highest BCUT2D eigenvalue weighted by Crippen LogP contribution is 2.35. The SMILES string of the molecule is CC(=O)CCc1nc(C)cc(C2CCC2)n1. The van der Waals surface area contributed by atoms with Gasteiger partial charge in [-0.25, -0.2) is 9.97 Å². The molecule has 0 radical (unpaired) electrons. The van der Waals surface area contributed by atoms with Crippen LogP contribution in [0.1, 0.15) is 55.7 Å². The van der Waals surface area contributed by atoms with E-state index in [0.717, 1.165) is 11.5 Å². The predicted molar refractivity (Wildman–Crippen MR) is 62.4 cm³/mol. The third-order valence-electron chi connectivity index (χ3n) is 3.14. The largest absolute Gasteiger partial charge is 0.300 e. The van der Waals surface area contributed by atoms with Crippen molar-refractivity contribution < 1.29 is 4.79 Å². The Morgan fingerprint density at radius 1 is 1.44 bits per heavy atom. The van der Waals surface area contributed by atoms with Gasteiger partial charge < -0.3 is 4.79 Å². The van der Waals surface area contributed by atoms with Gasteiger partial charge in [0.15, 0.2) is 0 Å². The monoisotopic (exact) mass is 218 g/mol. The molecular weight excluding hydrogens is 200 g/mol. The Morgan fingerprint density at radius 3 is 2.75 bits per heavy atom. The van der Waals surface area contributed by atoms with Crippen LogP contribution in [0.15, 0.2) is 6.07 Å². The summed E-state index contributed by atoms with van der Waals surface area (Å²) in [4.78, 5) is 19.9. The smallest absolute Gasteiger partial charge is 0.130 e. The number of rotatable bonds is 4. The molecule has 1 aliphatic carbocycles. The number of carbonyl (C=O) groups excluding carboxylic acids is 1. The minimum absolute atomic E-state index is 0.204. The minimum Gasteiger partial charge on any atom is -0.300 e. The van der Waals surface area contributed by atoms with E-state index >= 15 is 0 Å². The van der Waals surface area contributed by atoms with Gasteiger partial charge in [0.2, 0.25) is 0 Å². The number of Topliss-reactive ketones (excluding diaryl/α,β-unsaturated/α-hetero) is 1. The highest BCUT2D eigenvalue weighted by Gasteiger charge is 2.21. The Hall–Kier alpha value is -1.25. The van der Waals surface area contributed by atoms with Crippen LogP contribution in [0.4, 0.5) is 0 Å². The first-order chi connectivity index (χ1) is 7.65. The molecule has 3 nitrogen and oxygen atoms in total. The molecule has 1 heterocycles. The summed E-state index contributed by atoms with van der Waals surface area (Å²) in [6, 6.07) is 2.08. The summed E-state index contributed by atoms with van der Waals surface area (Å²) in [5.74, 6) is 1.67. The van der Waals surface area contributed by atoms with E-state index in [4.69, 9.17) is 0 Å². The van der Waals surface area contributed by atoms with E-state index < -0.39 is 0 Å². The molecule has 86 valence electrons. The Kier molecular flexibility index (Phi) is 3.32. The van der Waals surface area contributed by atoms with Gasteiger partial charge in [-0.3, -0.25) is 0 Å². The lowest BCUT2D eigenvalue weighted by molar-refractivity contribution is -0.117. The summed E-state index contributed by atoms with van der Waals surface area (Å²) in [6.45, 7) is 3.61. The quantitative estimate of drug-likeness (QED) is 0.780. The Labute approximate surface area is 96.3 Å². The zero-order chi connectivity index (χ0) is 11.5. The average Bonchev–Trinajstić information content (AvgIpc) is 2.11. The molecule has 3 heteroatoms. The lowest BCUT2D eigenvalue weighted by Crippen LogP contribution is -2.13. The molecule has 0 atom stereocenters. The van der Waals surface area contributed by atoms with Crippen LogP contribution in [0.2, 0.25) is 0 Å². The van der Waals surface area contributed by atoms with Crippen molar-refractivity contribution in [2.75, 3.05) is 0 Å². The van der Waals surface area contributed by atoms with Gasteiger partial charge in [-0.1, -0.05) is 6.42 Å². The molecule has 0 saturated heterocycles. The van der Waals surface area contributed by atoms with Crippen molar-refractivity contribution in [1.82, 2.24) is 9.97 Å². The minimum atomic E-state index is 0.204. The van der Waals surface area contributed by atoms with Crippen LogP contribution in [0.3, 0.4) is 0 Å². The molecule has 16 heavy (non-hydrogen) atoms. The van der Waals surface area contributed by atoms with E-state index in [1.54, 1.807) is 6.92 Å². The van der Waals surface area contributed by atoms with Crippen LogP contribution < -0.4 is 0 Å². The molecule has 1 saturated carbocycles. The van der Waals surface area contributed by atoms with E-state index in [2.05, 4.69) is 16.0 Å². The van der Waals surface area contributed by atoms with Crippen molar-refractivity contribution in [3.05, 3.63) is 23.3 Å². The van der Waals surface area contributed by atoms with Crippen molar-refractivity contribution in [3.8, 4) is 0 Å². The standard InChI is InChI=1S/C13H18N2O/c1-9-8-12(11-4-3-5-11)15-13(14-9)7-6-10(2)16/h8,11H,3-7H2,1-2H3. The molecule has 0 N–H and O–H groups in total. The zero-order valence-electron chi connectivity index (χ0n) is 9.99. The van der Waals surface area contributed by atoms with Crippen LogP contribution in [-0.2, 0) is 11.2 Å². The number of ketones is 1. The van der Waals surface area contributed by atoms with Gasteiger partial charge in [0.1, 0.15) is 11.6 Å². The summed E-state index contributed by atoms with van der Waals surface area (Å²) in [5.41, 5.74) is 2.20. The van der Waals surface area contributed by atoms with E-state index in [0.29, 0.717) is 18.8 Å². The van der Waals surface area contributed by atoms with Crippen LogP contribution in [0.5, 0.6) is 0 Å². The second kappa shape index (κ2) is 4.73. The van der Waals surface area contributed by atoms with Crippen LogP contribution in [0.25, 0.3) is 0 Å². The summed E-state index contributed by atoms with van der Waals surface area (Å²) in [5, 5.41) is 0. The third kappa shape index (κ3) is 2.65. The Bertz CT molecular complexity index is 397. The van der Waals surface area contributed by atoms with Crippen molar-refractivity contribution in [2.45, 2.75) is 51.9 Å². The maximum absolute atomic E-state index is 10.9. The van der Waals surface area contributed by atoms with Gasteiger partial charge >= 0.3 is 0 Å². The summed E-state index contributed by atoms with van der Waals surface area (Å²) in [6.07, 6.45) is 5.05. The van der Waals surface area contributed by atoms with Crippen LogP contribution >= 0.6 is 0 Å². The second-order valence-electron chi connectivity index (χ2n) is 4.68. The first-order valence-electron chi connectivity index (χ1n) is 5.99. The molecule has 0 aromatic carbocycles. The van der Waals surface area contributed by atoms with Crippen molar-refractivity contribution in [3.63, 3.8) is 0 Å². The molecule has 1 aromatic heterocycles. The zero-order valence-corrected chi connectivity index (χ0v) is 9.99. The number of hydrogen-bond donors (Lipinski definition) is 0. The Morgan fingerprint density at radius 2 is 2.19 bits per heavy atom. The highest BCUT2D eigenvalue weighted by molar-refractivity contribution is 5.75. The van der Waals surface area contributed by atoms with Gasteiger partial charge in [0, 0.05) is 30.1 Å². The molecule has 0 amide bonds. The molecule has 1 aromatic rings. The molecule has 0 aliphatic heterocycles. The molecule has 0 unspecified atom stereocenters. The number of carbonyl (C=O) groups is 1. The number of aromatic nitrogens is 2. The number of hydrogen-bond acceptors (Lipinski definition) is 3. The fraction of sp³-hybridized carbons (Fsp3) is 0.615. The molecular formula is C13H18N2O. The average molecular weight is 218 g/mol. The predicted octanol–water partition coefficient (Wildman–Crippen LogP) is 2.57. The fourth-order valence-electron chi connectivity index (χ4n) is 1.97. The summed E-state index contributed by atoms with van der Waals surface area (Å²) in [7, 11) is 0. The first-order valence-corrected chi connectivity index (χ1v) is 5.99. The van der Waals surface area contributed by atoms with Gasteiger partial charge in [0.05, 0.1) is 0 Å². The van der Waals surface area contributed by atoms with Crippen molar-refractivity contribution >= 4 is 5.78 Å². The lowest BCUT2D eigenvalue weighted by Gasteiger charge is -2.25. The van der Waals surface area contributed by atoms with E-state index in [1.807, 2.05) is 6.92 Å². The van der Waals surface area contributed by atoms with E-state index in [9.17, 15) is 4.79 Å². The van der Waals surface area contributed by atoms with Crippen molar-refractivity contribution in [1.29, 1.82) is 0 Å². The molecule has 0 spiro atoms. The molecule has 0 bridgehead atoms. The normalized spacial score (nSPS) is 15.9. The summed E-state index contributed by atoms with van der Waals surface area (Å²) >= 11 is 0. The maximum Gasteiger partial charge on any atom is 0.130 e. The van der Waals surface area contributed by atoms with E-state index in [1.165, 1.54) is 25.0 Å². The number of nitrogens with zero attached hydrogens (tertiary/aromatic N) is 2. The Balaban J connectivity index is 2.11. The molecule has 2 rings (SSSR count). The second-order valence-corrected chi connectivity index (χ2v) is 4.68. The third-order valence-corrected chi connectivity index (χ3v) is 3.14. The number of aryl methyl sites for hydroxylation is 2. The first kappa shape index (κ1) is 11.2. The van der Waals surface area contributed by atoms with Gasteiger partial charge in [-0.15, -0.1) is 0 Å². The highest BCUT2D eigenvalue weighted by atomic mass is 16.1. The lowest BCUT2D eigenvalue weighted by atomic mass is 9.82. The topological polar surface area (TPSA) is 42.9 Å². The van der Waals surface area contributed by atoms with Gasteiger partial charge in [0.25, 0.3) is 0 Å². The maximum atomic E-state index is 10.9. The fourth-order valence-corrected chi connectivity index (χ4v) is 1.97. The van der Waals surface area contributed by atoms with Gasteiger partial charge in [-0.05, 0) is 32.8 Å². The van der Waals surface area contributed by atoms with Gasteiger partial charge in [-0.2, -0.15) is 0 Å². The molecule has 1 aliphatic rings. The van der Waals surface area contributed by atoms with Crippen molar-refractivity contribution in [2.24, 2.45) is 0 Å². The van der Waals surface area contributed by atoms with Crippen LogP contribution in [0, 0.1) is 6.92 Å². The molecule has 1 fully saturated rings. The van der Waals surface area contributed by atoms with Crippen LogP contribution in [-0.4, -0.2) is 15.8 Å². The summed E-state index contributed by atoms with van der Waals surface area (Å²) < 4.78 is 0. The van der Waals surface area contributed by atoms with E-state index in [-0.39, 0.29) is 5.78 Å².